The molecule has 0 atom stereocenters. The van der Waals surface area contributed by atoms with Gasteiger partial charge in [0.2, 0.25) is 6.79 Å². The van der Waals surface area contributed by atoms with E-state index in [0.29, 0.717) is 12.3 Å². The molecule has 1 N–H and O–H groups in total. The Balaban J connectivity index is 1.77. The smallest absolute Gasteiger partial charge is 0.231 e. The van der Waals surface area contributed by atoms with Crippen molar-refractivity contribution in [3.63, 3.8) is 0 Å². The van der Waals surface area contributed by atoms with Gasteiger partial charge in [0.25, 0.3) is 0 Å². The third kappa shape index (κ3) is 2.71. The van der Waals surface area contributed by atoms with Gasteiger partial charge in [0.15, 0.2) is 11.5 Å². The number of hydrogen-bond acceptors (Lipinski definition) is 3. The predicted molar refractivity (Wildman–Crippen MR) is 75.8 cm³/mol. The highest BCUT2D eigenvalue weighted by Crippen LogP contribution is 2.36. The van der Waals surface area contributed by atoms with E-state index in [4.69, 9.17) is 9.47 Å². The van der Waals surface area contributed by atoms with Crippen molar-refractivity contribution in [3.05, 3.63) is 23.8 Å². The van der Waals surface area contributed by atoms with Crippen LogP contribution in [0.3, 0.4) is 0 Å². The Morgan fingerprint density at radius 3 is 2.68 bits per heavy atom. The van der Waals surface area contributed by atoms with Crippen molar-refractivity contribution in [1.82, 2.24) is 5.32 Å². The van der Waals surface area contributed by atoms with Crippen LogP contribution in [0.15, 0.2) is 18.2 Å². The molecule has 104 valence electrons. The van der Waals surface area contributed by atoms with E-state index < -0.39 is 0 Å². The second-order valence-corrected chi connectivity index (χ2v) is 5.74. The number of rotatable bonds is 4. The van der Waals surface area contributed by atoms with Gasteiger partial charge in [-0.3, -0.25) is 0 Å². The largest absolute Gasteiger partial charge is 0.454 e. The van der Waals surface area contributed by atoms with Crippen molar-refractivity contribution >= 4 is 0 Å². The quantitative estimate of drug-likeness (QED) is 0.902. The molecule has 1 fully saturated rings. The molecule has 0 unspecified atom stereocenters. The highest BCUT2D eigenvalue weighted by Gasteiger charge is 2.31. The zero-order valence-electron chi connectivity index (χ0n) is 11.7. The van der Waals surface area contributed by atoms with Crippen LogP contribution in [0.2, 0.25) is 0 Å². The van der Waals surface area contributed by atoms with Gasteiger partial charge in [-0.2, -0.15) is 0 Å². The number of nitrogens with one attached hydrogen (secondary N) is 1. The molecule has 0 bridgehead atoms. The van der Waals surface area contributed by atoms with E-state index in [2.05, 4.69) is 24.4 Å². The molecule has 1 aromatic carbocycles. The summed E-state index contributed by atoms with van der Waals surface area (Å²) in [4.78, 5) is 0. The van der Waals surface area contributed by atoms with Crippen LogP contribution in [0.5, 0.6) is 11.5 Å². The van der Waals surface area contributed by atoms with Gasteiger partial charge in [-0.25, -0.2) is 0 Å². The fraction of sp³-hybridized carbons (Fsp3) is 0.625. The molecule has 1 aromatic rings. The lowest BCUT2D eigenvalue weighted by molar-refractivity contribution is 0.174. The Bertz CT molecular complexity index is 433. The van der Waals surface area contributed by atoms with Gasteiger partial charge in [0.1, 0.15) is 0 Å². The summed E-state index contributed by atoms with van der Waals surface area (Å²) in [5, 5.41) is 3.74. The molecule has 0 spiro atoms. The number of benzene rings is 1. The minimum Gasteiger partial charge on any atom is -0.454 e. The average Bonchev–Trinajstić information content (AvgIpc) is 2.87. The molecule has 3 nitrogen and oxygen atoms in total. The van der Waals surface area contributed by atoms with Crippen molar-refractivity contribution in [1.29, 1.82) is 0 Å². The Morgan fingerprint density at radius 1 is 1.11 bits per heavy atom. The van der Waals surface area contributed by atoms with Crippen LogP contribution in [-0.2, 0) is 6.42 Å². The van der Waals surface area contributed by atoms with Crippen LogP contribution in [0, 0.1) is 0 Å². The standard InChI is InChI=1S/C16H23NO2/c1-2-17-16(8-4-3-5-9-16)11-13-6-7-14-15(10-13)19-12-18-14/h6-7,10,17H,2-5,8-9,11-12H2,1H3. The first-order valence-electron chi connectivity index (χ1n) is 7.45. The molecule has 0 radical (unpaired) electrons. The Morgan fingerprint density at radius 2 is 1.89 bits per heavy atom. The van der Waals surface area contributed by atoms with Crippen LogP contribution >= 0.6 is 0 Å². The molecule has 3 rings (SSSR count). The van der Waals surface area contributed by atoms with Crippen molar-refractivity contribution in [3.8, 4) is 11.5 Å². The van der Waals surface area contributed by atoms with E-state index in [0.717, 1.165) is 24.5 Å². The maximum atomic E-state index is 5.48. The van der Waals surface area contributed by atoms with Crippen LogP contribution in [0.1, 0.15) is 44.6 Å². The molecule has 0 aromatic heterocycles. The van der Waals surface area contributed by atoms with Gasteiger partial charge in [-0.1, -0.05) is 32.3 Å². The molecular weight excluding hydrogens is 238 g/mol. The van der Waals surface area contributed by atoms with E-state index in [1.807, 2.05) is 6.07 Å². The third-order valence-electron chi connectivity index (χ3n) is 4.34. The number of ether oxygens (including phenoxy) is 2. The predicted octanol–water partition coefficient (Wildman–Crippen LogP) is 3.27. The van der Waals surface area contributed by atoms with Gasteiger partial charge in [-0.05, 0) is 43.5 Å². The van der Waals surface area contributed by atoms with Crippen LogP contribution in [0.4, 0.5) is 0 Å². The summed E-state index contributed by atoms with van der Waals surface area (Å²) in [6.45, 7) is 3.61. The SMILES string of the molecule is CCNC1(Cc2ccc3c(c2)OCO3)CCCCC1. The minimum absolute atomic E-state index is 0.292. The second kappa shape index (κ2) is 5.41. The minimum atomic E-state index is 0.292. The fourth-order valence-electron chi connectivity index (χ4n) is 3.46. The first kappa shape index (κ1) is 12.8. The molecule has 1 heterocycles. The maximum Gasteiger partial charge on any atom is 0.231 e. The summed E-state index contributed by atoms with van der Waals surface area (Å²) in [6.07, 6.45) is 7.74. The Hall–Kier alpha value is -1.22. The maximum absolute atomic E-state index is 5.48. The van der Waals surface area contributed by atoms with Crippen LogP contribution in [-0.4, -0.2) is 18.9 Å². The van der Waals surface area contributed by atoms with Crippen LogP contribution < -0.4 is 14.8 Å². The summed E-state index contributed by atoms with van der Waals surface area (Å²) in [6, 6.07) is 6.37. The van der Waals surface area contributed by atoms with Gasteiger partial charge in [0.05, 0.1) is 0 Å². The van der Waals surface area contributed by atoms with Crippen molar-refractivity contribution in [2.45, 2.75) is 51.0 Å². The Kier molecular flexibility index (Phi) is 3.65. The van der Waals surface area contributed by atoms with E-state index >= 15 is 0 Å². The zero-order valence-corrected chi connectivity index (χ0v) is 11.7. The molecule has 19 heavy (non-hydrogen) atoms. The summed E-state index contributed by atoms with van der Waals surface area (Å²) in [7, 11) is 0. The lowest BCUT2D eigenvalue weighted by atomic mass is 9.77. The van der Waals surface area contributed by atoms with Crippen LogP contribution in [0.25, 0.3) is 0 Å². The normalized spacial score (nSPS) is 20.5. The van der Waals surface area contributed by atoms with Crippen molar-refractivity contribution < 1.29 is 9.47 Å². The molecular formula is C16H23NO2. The van der Waals surface area contributed by atoms with Gasteiger partial charge < -0.3 is 14.8 Å². The van der Waals surface area contributed by atoms with E-state index in [9.17, 15) is 0 Å². The first-order chi connectivity index (χ1) is 9.31. The molecule has 2 aliphatic rings. The number of fused-ring (bicyclic) bond motifs is 1. The topological polar surface area (TPSA) is 30.5 Å². The molecule has 0 saturated heterocycles. The molecule has 1 aliphatic heterocycles. The third-order valence-corrected chi connectivity index (χ3v) is 4.34. The molecule has 3 heteroatoms. The average molecular weight is 261 g/mol. The first-order valence-corrected chi connectivity index (χ1v) is 7.45. The summed E-state index contributed by atoms with van der Waals surface area (Å²) >= 11 is 0. The number of hydrogen-bond donors (Lipinski definition) is 1. The lowest BCUT2D eigenvalue weighted by Gasteiger charge is -2.38. The van der Waals surface area contributed by atoms with Crippen molar-refractivity contribution in [2.75, 3.05) is 13.3 Å². The van der Waals surface area contributed by atoms with Gasteiger partial charge in [-0.15, -0.1) is 0 Å². The Labute approximate surface area is 115 Å². The van der Waals surface area contributed by atoms with E-state index in [-0.39, 0.29) is 0 Å². The molecule has 0 amide bonds. The summed E-state index contributed by atoms with van der Waals surface area (Å²) in [5.74, 6) is 1.78. The monoisotopic (exact) mass is 261 g/mol. The summed E-state index contributed by atoms with van der Waals surface area (Å²) in [5.41, 5.74) is 1.65. The molecule has 1 saturated carbocycles. The highest BCUT2D eigenvalue weighted by atomic mass is 16.7. The van der Waals surface area contributed by atoms with Gasteiger partial charge >= 0.3 is 0 Å². The zero-order chi connectivity index (χ0) is 13.1. The van der Waals surface area contributed by atoms with Gasteiger partial charge in [0, 0.05) is 5.54 Å². The second-order valence-electron chi connectivity index (χ2n) is 5.74. The van der Waals surface area contributed by atoms with E-state index in [1.165, 1.54) is 37.7 Å². The van der Waals surface area contributed by atoms with Crippen molar-refractivity contribution in [2.24, 2.45) is 0 Å². The summed E-state index contributed by atoms with van der Waals surface area (Å²) < 4.78 is 10.9. The molecule has 1 aliphatic carbocycles. The fourth-order valence-corrected chi connectivity index (χ4v) is 3.46. The lowest BCUT2D eigenvalue weighted by Crippen LogP contribution is -2.48. The highest BCUT2D eigenvalue weighted by molar-refractivity contribution is 5.44. The number of likely N-dealkylation sites (N-methyl/N-ethyl adjacent to an activating group) is 1. The van der Waals surface area contributed by atoms with E-state index in [1.54, 1.807) is 0 Å².